The molecule has 3 aromatic carbocycles. The van der Waals surface area contributed by atoms with Crippen molar-refractivity contribution in [2.24, 2.45) is 22.2 Å². The van der Waals surface area contributed by atoms with Crippen molar-refractivity contribution in [3.05, 3.63) is 99.6 Å². The number of aliphatic hydroxyl groups is 1. The van der Waals surface area contributed by atoms with Gasteiger partial charge in [-0.05, 0) is 78.6 Å². The van der Waals surface area contributed by atoms with E-state index in [1.165, 1.54) is 4.90 Å². The molecule has 4 atom stereocenters. The number of thiazole rings is 1. The van der Waals surface area contributed by atoms with E-state index in [9.17, 15) is 34.3 Å². The lowest BCUT2D eigenvalue weighted by molar-refractivity contribution is -0.164. The number of rotatable bonds is 21. The van der Waals surface area contributed by atoms with Gasteiger partial charge in [-0.1, -0.05) is 98.2 Å². The molecule has 2 fully saturated rings. The normalized spacial score (nSPS) is 19.7. The minimum Gasteiger partial charge on any atom is -0.494 e. The second kappa shape index (κ2) is 23.9. The molecule has 2 heterocycles. The van der Waals surface area contributed by atoms with Crippen molar-refractivity contribution < 1.29 is 48.0 Å². The predicted molar refractivity (Wildman–Crippen MR) is 278 cm³/mol. The first kappa shape index (κ1) is 56.2. The summed E-state index contributed by atoms with van der Waals surface area (Å²) in [6.07, 6.45) is -1.26. The standard InChI is InChI=1S/C55H69ClN6O10S/c1-32(2)44(64)50(68)71-40-26-42(48(66)58-28-34-13-15-35(16-14-34)45-33(3)59-31-73-45)62(29-40)49(67)46(53(4,5)6)60-43(63)30-69-23-11-12-24-70-38-20-17-36(18-21-38)47(65)61-51-54(7,8)52(55(51,9)10)72-39-22-19-37(27-57)41(56)25-39/h13-22,25,31-32,40,42,44,46,51-52,64H,11-12,23-24,26,28-30H2,1-10H3,(H,58,66)(H,60,63)(H,61,65)/t40-,42-,44-,46+,51?,52?/m0/s1. The van der Waals surface area contributed by atoms with Gasteiger partial charge < -0.3 is 44.9 Å². The van der Waals surface area contributed by atoms with Crippen LogP contribution in [0.5, 0.6) is 11.5 Å². The number of amides is 4. The Hall–Kier alpha value is -6.06. The summed E-state index contributed by atoms with van der Waals surface area (Å²) in [5, 5.41) is 28.9. The molecule has 1 saturated carbocycles. The summed E-state index contributed by atoms with van der Waals surface area (Å²) in [4.78, 5) is 74.5. The number of aliphatic hydroxyl groups excluding tert-OH is 1. The monoisotopic (exact) mass is 1040 g/mol. The second-order valence-corrected chi connectivity index (χ2v) is 22.7. The number of halogens is 1. The quantitative estimate of drug-likeness (QED) is 0.0464. The topological polar surface area (TPSA) is 219 Å². The number of ether oxygens (including phenoxy) is 4. The van der Waals surface area contributed by atoms with Crippen LogP contribution in [0.3, 0.4) is 0 Å². The Balaban J connectivity index is 0.951. The zero-order valence-corrected chi connectivity index (χ0v) is 44.9. The molecule has 16 nitrogen and oxygen atoms in total. The lowest BCUT2D eigenvalue weighted by Gasteiger charge is -2.63. The number of nitriles is 1. The fourth-order valence-electron chi connectivity index (χ4n) is 9.73. The highest BCUT2D eigenvalue weighted by Gasteiger charge is 2.64. The van der Waals surface area contributed by atoms with Crippen molar-refractivity contribution in [2.45, 2.75) is 131 Å². The van der Waals surface area contributed by atoms with Gasteiger partial charge in [0.1, 0.15) is 48.5 Å². The lowest BCUT2D eigenvalue weighted by atomic mass is 9.49. The van der Waals surface area contributed by atoms with Gasteiger partial charge in [0.05, 0.1) is 39.8 Å². The van der Waals surface area contributed by atoms with Crippen LogP contribution in [0.15, 0.2) is 72.2 Å². The molecule has 2 aliphatic rings. The number of esters is 1. The van der Waals surface area contributed by atoms with E-state index >= 15 is 0 Å². The van der Waals surface area contributed by atoms with Crippen LogP contribution in [0.1, 0.15) is 109 Å². The van der Waals surface area contributed by atoms with E-state index in [-0.39, 0.29) is 50.8 Å². The number of carbonyl (C=O) groups excluding carboxylic acids is 5. The van der Waals surface area contributed by atoms with Gasteiger partial charge in [0, 0.05) is 48.1 Å². The molecular formula is C55H69ClN6O10S. The van der Waals surface area contributed by atoms with E-state index in [1.807, 2.05) is 58.9 Å². The minimum absolute atomic E-state index is 0.00770. The van der Waals surface area contributed by atoms with E-state index in [0.29, 0.717) is 47.1 Å². The number of carbonyl (C=O) groups is 5. The first-order valence-corrected chi connectivity index (χ1v) is 25.9. The van der Waals surface area contributed by atoms with Crippen LogP contribution in [0.2, 0.25) is 5.02 Å². The molecule has 1 aliphatic carbocycles. The predicted octanol–water partition coefficient (Wildman–Crippen LogP) is 7.81. The van der Waals surface area contributed by atoms with Gasteiger partial charge >= 0.3 is 5.97 Å². The van der Waals surface area contributed by atoms with E-state index in [4.69, 9.17) is 30.5 Å². The number of aromatic nitrogens is 1. The maximum Gasteiger partial charge on any atom is 0.335 e. The summed E-state index contributed by atoms with van der Waals surface area (Å²) in [6, 6.07) is 19.4. The number of hydrogen-bond acceptors (Lipinski definition) is 13. The van der Waals surface area contributed by atoms with E-state index in [2.05, 4.69) is 27.0 Å². The smallest absolute Gasteiger partial charge is 0.335 e. The first-order valence-electron chi connectivity index (χ1n) is 24.7. The van der Waals surface area contributed by atoms with Gasteiger partial charge in [-0.2, -0.15) is 5.26 Å². The average molecular weight is 1040 g/mol. The number of benzene rings is 3. The molecule has 4 amide bonds. The van der Waals surface area contributed by atoms with Crippen molar-refractivity contribution in [2.75, 3.05) is 26.4 Å². The maximum atomic E-state index is 14.4. The molecule has 0 bridgehead atoms. The van der Waals surface area contributed by atoms with Crippen LogP contribution in [0, 0.1) is 40.4 Å². The van der Waals surface area contributed by atoms with E-state index < -0.39 is 70.1 Å². The van der Waals surface area contributed by atoms with Gasteiger partial charge in [0.15, 0.2) is 6.10 Å². The van der Waals surface area contributed by atoms with Gasteiger partial charge in [-0.3, -0.25) is 19.2 Å². The Morgan fingerprint density at radius 2 is 1.62 bits per heavy atom. The number of unbranched alkanes of at least 4 members (excludes halogenated alkanes) is 1. The Kier molecular flexibility index (Phi) is 18.4. The van der Waals surface area contributed by atoms with Crippen LogP contribution in [-0.2, 0) is 35.2 Å². The molecule has 6 rings (SSSR count). The van der Waals surface area contributed by atoms with Crippen LogP contribution < -0.4 is 25.4 Å². The molecule has 4 N–H and O–H groups in total. The summed E-state index contributed by atoms with van der Waals surface area (Å²) in [5.74, 6) is -1.78. The number of hydrogen-bond donors (Lipinski definition) is 4. The van der Waals surface area contributed by atoms with Crippen molar-refractivity contribution in [1.82, 2.24) is 25.8 Å². The first-order chi connectivity index (χ1) is 34.4. The van der Waals surface area contributed by atoms with Crippen LogP contribution in [-0.4, -0.2) is 107 Å². The molecule has 0 radical (unpaired) electrons. The van der Waals surface area contributed by atoms with Crippen molar-refractivity contribution in [3.8, 4) is 28.0 Å². The van der Waals surface area contributed by atoms with Gasteiger partial charge in [0.25, 0.3) is 5.91 Å². The second-order valence-electron chi connectivity index (χ2n) is 21.5. The SMILES string of the molecule is Cc1ncsc1-c1ccc(CNC(=O)[C@@H]2C[C@H](OC(=O)[C@@H](O)C(C)C)CN2C(=O)[C@@H](NC(=O)COCCCCOc2ccc(C(=O)NC3C(C)(C)C(Oc4ccc(C#N)c(Cl)c4)C3(C)C)cc2)C(C)(C)C)cc1. The Labute approximate surface area is 437 Å². The third-order valence-corrected chi connectivity index (χ3v) is 14.9. The molecule has 73 heavy (non-hydrogen) atoms. The summed E-state index contributed by atoms with van der Waals surface area (Å²) >= 11 is 7.79. The molecular weight excluding hydrogens is 972 g/mol. The maximum absolute atomic E-state index is 14.4. The zero-order valence-electron chi connectivity index (χ0n) is 43.4. The molecule has 0 unspecified atom stereocenters. The van der Waals surface area contributed by atoms with Gasteiger partial charge in [0.2, 0.25) is 17.7 Å². The van der Waals surface area contributed by atoms with Crippen molar-refractivity contribution in [1.29, 1.82) is 5.26 Å². The minimum atomic E-state index is -1.37. The zero-order chi connectivity index (χ0) is 53.4. The molecule has 392 valence electrons. The fraction of sp³-hybridized carbons (Fsp3) is 0.509. The molecule has 18 heteroatoms. The van der Waals surface area contributed by atoms with Gasteiger partial charge in [-0.25, -0.2) is 9.78 Å². The van der Waals surface area contributed by atoms with Crippen LogP contribution >= 0.6 is 22.9 Å². The summed E-state index contributed by atoms with van der Waals surface area (Å²) in [5.41, 5.74) is 3.83. The Morgan fingerprint density at radius 1 is 0.959 bits per heavy atom. The summed E-state index contributed by atoms with van der Waals surface area (Å²) in [7, 11) is 0. The van der Waals surface area contributed by atoms with E-state index in [1.54, 1.807) is 93.9 Å². The Bertz CT molecular complexity index is 2630. The third kappa shape index (κ3) is 13.8. The highest BCUT2D eigenvalue weighted by Crippen LogP contribution is 2.55. The third-order valence-electron chi connectivity index (χ3n) is 13.6. The molecule has 1 aromatic heterocycles. The largest absolute Gasteiger partial charge is 0.494 e. The van der Waals surface area contributed by atoms with Crippen LogP contribution in [0.4, 0.5) is 0 Å². The highest BCUT2D eigenvalue weighted by atomic mass is 35.5. The molecule has 0 spiro atoms. The highest BCUT2D eigenvalue weighted by molar-refractivity contribution is 7.13. The average Bonchev–Trinajstić information content (AvgIpc) is 3.98. The summed E-state index contributed by atoms with van der Waals surface area (Å²) in [6.45, 7) is 19.3. The lowest BCUT2D eigenvalue weighted by Crippen LogP contribution is -2.74. The number of nitrogens with one attached hydrogen (secondary N) is 3. The number of nitrogens with zero attached hydrogens (tertiary/aromatic N) is 3. The van der Waals surface area contributed by atoms with Crippen molar-refractivity contribution >= 4 is 52.5 Å². The number of likely N-dealkylation sites (tertiary alicyclic amines) is 1. The molecule has 1 aliphatic heterocycles. The number of aryl methyl sites for hydroxylation is 1. The fourth-order valence-corrected chi connectivity index (χ4v) is 10.8. The van der Waals surface area contributed by atoms with Gasteiger partial charge in [-0.15, -0.1) is 11.3 Å². The van der Waals surface area contributed by atoms with Crippen molar-refractivity contribution in [3.63, 3.8) is 0 Å². The molecule has 1 saturated heterocycles. The van der Waals surface area contributed by atoms with E-state index in [0.717, 1.165) is 21.7 Å². The summed E-state index contributed by atoms with van der Waals surface area (Å²) < 4.78 is 23.6. The van der Waals surface area contributed by atoms with Crippen LogP contribution in [0.25, 0.3) is 10.4 Å². The molecule has 4 aromatic rings. The Morgan fingerprint density at radius 3 is 2.22 bits per heavy atom.